The zero-order valence-corrected chi connectivity index (χ0v) is 16.5. The molecule has 3 aromatic carbocycles. The predicted octanol–water partition coefficient (Wildman–Crippen LogP) is 4.79. The van der Waals surface area contributed by atoms with E-state index in [1.165, 1.54) is 33.2 Å². The van der Waals surface area contributed by atoms with Gasteiger partial charge in [-0.3, -0.25) is 4.90 Å². The lowest BCUT2D eigenvalue weighted by molar-refractivity contribution is 0.247. The molecule has 140 valence electrons. The number of rotatable bonds is 4. The Morgan fingerprint density at radius 2 is 1.67 bits per heavy atom. The van der Waals surface area contributed by atoms with Crippen molar-refractivity contribution in [2.45, 2.75) is 20.4 Å². The molecular weight excluding hydrogens is 332 g/mol. The van der Waals surface area contributed by atoms with Gasteiger partial charge in [-0.05, 0) is 47.9 Å². The Morgan fingerprint density at radius 3 is 2.44 bits per heavy atom. The molecule has 3 aromatic rings. The van der Waals surface area contributed by atoms with Gasteiger partial charge < -0.3 is 9.64 Å². The molecule has 0 bridgehead atoms. The summed E-state index contributed by atoms with van der Waals surface area (Å²) in [4.78, 5) is 5.07. The molecule has 3 nitrogen and oxygen atoms in total. The van der Waals surface area contributed by atoms with E-state index < -0.39 is 0 Å². The van der Waals surface area contributed by atoms with Gasteiger partial charge in [-0.15, -0.1) is 0 Å². The molecule has 1 saturated heterocycles. The van der Waals surface area contributed by atoms with Crippen molar-refractivity contribution in [2.75, 3.05) is 38.2 Å². The van der Waals surface area contributed by atoms with Crippen LogP contribution in [0.15, 0.2) is 54.6 Å². The Kier molecular flexibility index (Phi) is 5.04. The number of benzene rings is 3. The monoisotopic (exact) mass is 360 g/mol. The Morgan fingerprint density at radius 1 is 0.889 bits per heavy atom. The summed E-state index contributed by atoms with van der Waals surface area (Å²) in [5.41, 5.74) is 5.39. The van der Waals surface area contributed by atoms with Gasteiger partial charge in [-0.2, -0.15) is 0 Å². The van der Waals surface area contributed by atoms with Gasteiger partial charge in [0, 0.05) is 44.0 Å². The van der Waals surface area contributed by atoms with Gasteiger partial charge >= 0.3 is 0 Å². The van der Waals surface area contributed by atoms with Crippen LogP contribution in [-0.4, -0.2) is 38.2 Å². The van der Waals surface area contributed by atoms with E-state index in [9.17, 15) is 0 Å². The van der Waals surface area contributed by atoms with Crippen molar-refractivity contribution in [3.63, 3.8) is 0 Å². The highest BCUT2D eigenvalue weighted by Gasteiger charge is 2.20. The second-order valence-corrected chi connectivity index (χ2v) is 7.52. The van der Waals surface area contributed by atoms with E-state index in [4.69, 9.17) is 4.74 Å². The summed E-state index contributed by atoms with van der Waals surface area (Å²) >= 11 is 0. The lowest BCUT2D eigenvalue weighted by atomic mass is 10.0. The van der Waals surface area contributed by atoms with E-state index in [2.05, 4.69) is 78.2 Å². The van der Waals surface area contributed by atoms with Crippen molar-refractivity contribution in [3.05, 3.63) is 71.3 Å². The van der Waals surface area contributed by atoms with E-state index in [-0.39, 0.29) is 0 Å². The number of methoxy groups -OCH3 is 1. The molecule has 3 heteroatoms. The Hall–Kier alpha value is -2.52. The number of piperazine rings is 1. The minimum Gasteiger partial charge on any atom is -0.496 e. The molecule has 27 heavy (non-hydrogen) atoms. The first kappa shape index (κ1) is 17.9. The SMILES string of the molecule is COc1ccc2ccccc2c1CN1CCN(c2cc(C)ccc2C)CC1. The minimum atomic E-state index is 0.936. The number of hydrogen-bond acceptors (Lipinski definition) is 3. The van der Waals surface area contributed by atoms with Crippen LogP contribution in [0.3, 0.4) is 0 Å². The quantitative estimate of drug-likeness (QED) is 0.665. The van der Waals surface area contributed by atoms with Gasteiger partial charge in [-0.25, -0.2) is 0 Å². The normalized spacial score (nSPS) is 15.3. The zero-order valence-electron chi connectivity index (χ0n) is 16.5. The molecule has 0 aliphatic carbocycles. The highest BCUT2D eigenvalue weighted by atomic mass is 16.5. The van der Waals surface area contributed by atoms with Crippen LogP contribution in [0.25, 0.3) is 10.8 Å². The lowest BCUT2D eigenvalue weighted by Gasteiger charge is -2.37. The van der Waals surface area contributed by atoms with Crippen LogP contribution in [-0.2, 0) is 6.54 Å². The average molecular weight is 361 g/mol. The van der Waals surface area contributed by atoms with Gasteiger partial charge in [0.25, 0.3) is 0 Å². The lowest BCUT2D eigenvalue weighted by Crippen LogP contribution is -2.46. The molecule has 0 unspecified atom stereocenters. The number of ether oxygens (including phenoxy) is 1. The Labute approximate surface area is 162 Å². The summed E-state index contributed by atoms with van der Waals surface area (Å²) in [6.07, 6.45) is 0. The summed E-state index contributed by atoms with van der Waals surface area (Å²) in [7, 11) is 1.77. The fourth-order valence-corrected chi connectivity index (χ4v) is 4.10. The van der Waals surface area contributed by atoms with Crippen molar-refractivity contribution in [3.8, 4) is 5.75 Å². The number of anilines is 1. The second-order valence-electron chi connectivity index (χ2n) is 7.52. The van der Waals surface area contributed by atoms with Crippen LogP contribution in [0, 0.1) is 13.8 Å². The maximum Gasteiger partial charge on any atom is 0.123 e. The molecule has 1 aliphatic heterocycles. The summed E-state index contributed by atoms with van der Waals surface area (Å²) in [5.74, 6) is 0.991. The summed E-state index contributed by atoms with van der Waals surface area (Å²) in [5, 5.41) is 2.58. The molecule has 0 N–H and O–H groups in total. The largest absolute Gasteiger partial charge is 0.496 e. The Bertz CT molecular complexity index is 942. The first-order chi connectivity index (χ1) is 13.2. The van der Waals surface area contributed by atoms with Crippen LogP contribution in [0.5, 0.6) is 5.75 Å². The molecule has 1 aliphatic rings. The molecule has 4 rings (SSSR count). The van der Waals surface area contributed by atoms with Crippen LogP contribution in [0.1, 0.15) is 16.7 Å². The fourth-order valence-electron chi connectivity index (χ4n) is 4.10. The predicted molar refractivity (Wildman–Crippen MR) is 114 cm³/mol. The average Bonchev–Trinajstić information content (AvgIpc) is 2.71. The van der Waals surface area contributed by atoms with Gasteiger partial charge in [0.1, 0.15) is 5.75 Å². The van der Waals surface area contributed by atoms with Gasteiger partial charge in [0.05, 0.1) is 7.11 Å². The molecule has 0 amide bonds. The highest BCUT2D eigenvalue weighted by molar-refractivity contribution is 5.87. The van der Waals surface area contributed by atoms with Crippen molar-refractivity contribution in [2.24, 2.45) is 0 Å². The molecule has 0 radical (unpaired) electrons. The molecule has 0 saturated carbocycles. The standard InChI is InChI=1S/C24H28N2O/c1-18-8-9-19(2)23(16-18)26-14-12-25(13-15-26)17-22-21-7-5-4-6-20(21)10-11-24(22)27-3/h4-11,16H,12-15,17H2,1-3H3. The zero-order chi connectivity index (χ0) is 18.8. The van der Waals surface area contributed by atoms with E-state index in [0.717, 1.165) is 38.5 Å². The summed E-state index contributed by atoms with van der Waals surface area (Å²) in [6.45, 7) is 9.59. The van der Waals surface area contributed by atoms with Crippen LogP contribution in [0.4, 0.5) is 5.69 Å². The van der Waals surface area contributed by atoms with Crippen molar-refractivity contribution < 1.29 is 4.74 Å². The highest BCUT2D eigenvalue weighted by Crippen LogP contribution is 2.30. The molecule has 0 spiro atoms. The topological polar surface area (TPSA) is 15.7 Å². The minimum absolute atomic E-state index is 0.936. The molecule has 0 atom stereocenters. The Balaban J connectivity index is 1.51. The number of aryl methyl sites for hydroxylation is 2. The van der Waals surface area contributed by atoms with Crippen LogP contribution < -0.4 is 9.64 Å². The van der Waals surface area contributed by atoms with E-state index in [0.29, 0.717) is 0 Å². The van der Waals surface area contributed by atoms with Crippen molar-refractivity contribution in [1.29, 1.82) is 0 Å². The van der Waals surface area contributed by atoms with E-state index in [1.54, 1.807) is 7.11 Å². The third kappa shape index (κ3) is 3.65. The van der Waals surface area contributed by atoms with E-state index in [1.807, 2.05) is 0 Å². The third-order valence-electron chi connectivity index (χ3n) is 5.68. The number of hydrogen-bond donors (Lipinski definition) is 0. The van der Waals surface area contributed by atoms with Gasteiger partial charge in [0.15, 0.2) is 0 Å². The number of nitrogens with zero attached hydrogens (tertiary/aromatic N) is 2. The summed E-state index contributed by atoms with van der Waals surface area (Å²) in [6, 6.07) is 19.6. The summed E-state index contributed by atoms with van der Waals surface area (Å²) < 4.78 is 5.68. The van der Waals surface area contributed by atoms with Crippen LogP contribution >= 0.6 is 0 Å². The first-order valence-corrected chi connectivity index (χ1v) is 9.75. The smallest absolute Gasteiger partial charge is 0.123 e. The fraction of sp³-hybridized carbons (Fsp3) is 0.333. The second kappa shape index (κ2) is 7.61. The van der Waals surface area contributed by atoms with Crippen molar-refractivity contribution in [1.82, 2.24) is 4.90 Å². The first-order valence-electron chi connectivity index (χ1n) is 9.75. The third-order valence-corrected chi connectivity index (χ3v) is 5.68. The maximum atomic E-state index is 5.68. The molecule has 1 fully saturated rings. The van der Waals surface area contributed by atoms with Gasteiger partial charge in [0.2, 0.25) is 0 Å². The molecular formula is C24H28N2O. The number of fused-ring (bicyclic) bond motifs is 1. The van der Waals surface area contributed by atoms with E-state index >= 15 is 0 Å². The molecule has 0 aromatic heterocycles. The van der Waals surface area contributed by atoms with Crippen LogP contribution in [0.2, 0.25) is 0 Å². The maximum absolute atomic E-state index is 5.68. The van der Waals surface area contributed by atoms with Crippen molar-refractivity contribution >= 4 is 16.5 Å². The van der Waals surface area contributed by atoms with Gasteiger partial charge in [-0.1, -0.05) is 42.5 Å². The molecule has 1 heterocycles.